The van der Waals surface area contributed by atoms with Crippen LogP contribution in [0.1, 0.15) is 26.7 Å². The Morgan fingerprint density at radius 3 is 2.72 bits per heavy atom. The van der Waals surface area contributed by atoms with Crippen LogP contribution in [0.25, 0.3) is 11.2 Å². The lowest BCUT2D eigenvalue weighted by atomic mass is 10.1. The van der Waals surface area contributed by atoms with E-state index < -0.39 is 11.2 Å². The molecule has 0 saturated heterocycles. The normalized spacial score (nSPS) is 11.6. The van der Waals surface area contributed by atoms with Crippen molar-refractivity contribution < 1.29 is 0 Å². The Morgan fingerprint density at radius 2 is 2.06 bits per heavy atom. The van der Waals surface area contributed by atoms with Gasteiger partial charge in [0.1, 0.15) is 0 Å². The molecule has 0 saturated carbocycles. The lowest BCUT2D eigenvalue weighted by Crippen LogP contribution is -2.30. The number of nitrogens with zero attached hydrogens (tertiary/aromatic N) is 2. The number of fused-ring (bicyclic) bond motifs is 1. The van der Waals surface area contributed by atoms with Gasteiger partial charge < -0.3 is 4.98 Å². The first-order valence-corrected chi connectivity index (χ1v) is 6.25. The number of imidazole rings is 1. The van der Waals surface area contributed by atoms with Crippen LogP contribution in [-0.4, -0.2) is 19.5 Å². The number of aryl methyl sites for hydroxylation is 1. The molecule has 2 aromatic rings. The fraction of sp³-hybridized carbons (Fsp3) is 0.545. The van der Waals surface area contributed by atoms with Gasteiger partial charge >= 0.3 is 5.69 Å². The summed E-state index contributed by atoms with van der Waals surface area (Å²) in [6.07, 6.45) is 1.86. The molecule has 98 valence electrons. The van der Waals surface area contributed by atoms with Gasteiger partial charge in [-0.15, -0.1) is 0 Å². The number of halogens is 1. The molecule has 0 unspecified atom stereocenters. The van der Waals surface area contributed by atoms with Crippen molar-refractivity contribution in [2.75, 3.05) is 0 Å². The molecular weight excluding hydrogens is 256 g/mol. The maximum atomic E-state index is 11.7. The zero-order valence-electron chi connectivity index (χ0n) is 10.3. The van der Waals surface area contributed by atoms with Gasteiger partial charge in [-0.1, -0.05) is 13.8 Å². The van der Waals surface area contributed by atoms with Crippen LogP contribution in [0.4, 0.5) is 0 Å². The maximum Gasteiger partial charge on any atom is 0.330 e. The van der Waals surface area contributed by atoms with Crippen molar-refractivity contribution in [2.45, 2.75) is 33.2 Å². The summed E-state index contributed by atoms with van der Waals surface area (Å²) in [6.45, 7) is 4.76. The van der Waals surface area contributed by atoms with Gasteiger partial charge in [-0.25, -0.2) is 4.79 Å². The minimum Gasteiger partial charge on any atom is -0.323 e. The monoisotopic (exact) mass is 270 g/mol. The fourth-order valence-corrected chi connectivity index (χ4v) is 2.05. The van der Waals surface area contributed by atoms with Crippen LogP contribution >= 0.6 is 11.6 Å². The summed E-state index contributed by atoms with van der Waals surface area (Å²) in [7, 11) is 0. The van der Waals surface area contributed by atoms with Gasteiger partial charge in [0.15, 0.2) is 11.2 Å². The zero-order chi connectivity index (χ0) is 13.3. The third kappa shape index (κ3) is 2.48. The molecule has 2 N–H and O–H groups in total. The molecule has 2 heterocycles. The SMILES string of the molecule is CC(C)CCCn1c(=O)[nH]c(=O)c2[nH]c(Cl)nc21. The van der Waals surface area contributed by atoms with Crippen LogP contribution in [0, 0.1) is 5.92 Å². The number of H-pyrrole nitrogens is 2. The Hall–Kier alpha value is -1.56. The fourth-order valence-electron chi connectivity index (χ4n) is 1.88. The van der Waals surface area contributed by atoms with Crippen molar-refractivity contribution in [3.8, 4) is 0 Å². The highest BCUT2D eigenvalue weighted by Gasteiger charge is 2.11. The van der Waals surface area contributed by atoms with Crippen LogP contribution in [0.15, 0.2) is 9.59 Å². The predicted molar refractivity (Wildman–Crippen MR) is 70.1 cm³/mol. The van der Waals surface area contributed by atoms with Crippen LogP contribution in [0.3, 0.4) is 0 Å². The van der Waals surface area contributed by atoms with E-state index in [2.05, 4.69) is 28.8 Å². The van der Waals surface area contributed by atoms with Gasteiger partial charge in [0, 0.05) is 6.54 Å². The highest BCUT2D eigenvalue weighted by molar-refractivity contribution is 6.28. The van der Waals surface area contributed by atoms with Crippen LogP contribution in [0.5, 0.6) is 0 Å². The van der Waals surface area contributed by atoms with Gasteiger partial charge in [-0.3, -0.25) is 14.3 Å². The summed E-state index contributed by atoms with van der Waals surface area (Å²) in [4.78, 5) is 32.2. The van der Waals surface area contributed by atoms with Gasteiger partial charge in [-0.2, -0.15) is 4.98 Å². The molecule has 0 radical (unpaired) electrons. The molecule has 0 aliphatic carbocycles. The molecule has 0 atom stereocenters. The number of hydrogen-bond donors (Lipinski definition) is 2. The van der Waals surface area contributed by atoms with Crippen LogP contribution < -0.4 is 11.2 Å². The van der Waals surface area contributed by atoms with Crippen molar-refractivity contribution in [1.29, 1.82) is 0 Å². The highest BCUT2D eigenvalue weighted by atomic mass is 35.5. The van der Waals surface area contributed by atoms with Crippen molar-refractivity contribution >= 4 is 22.8 Å². The summed E-state index contributed by atoms with van der Waals surface area (Å²) in [5, 5.41) is 0.110. The maximum absolute atomic E-state index is 11.7. The minimum absolute atomic E-state index is 0.110. The van der Waals surface area contributed by atoms with E-state index in [1.165, 1.54) is 4.57 Å². The lowest BCUT2D eigenvalue weighted by molar-refractivity contribution is 0.507. The average Bonchev–Trinajstić information content (AvgIpc) is 2.65. The summed E-state index contributed by atoms with van der Waals surface area (Å²) in [5.74, 6) is 0.571. The third-order valence-electron chi connectivity index (χ3n) is 2.77. The molecule has 0 aromatic carbocycles. The summed E-state index contributed by atoms with van der Waals surface area (Å²) in [6, 6.07) is 0. The second-order valence-electron chi connectivity index (χ2n) is 4.67. The molecule has 0 aliphatic heterocycles. The first-order chi connectivity index (χ1) is 8.49. The number of nitrogens with one attached hydrogen (secondary N) is 2. The molecule has 6 nitrogen and oxygen atoms in total. The average molecular weight is 271 g/mol. The molecular formula is C11H15ClN4O2. The molecule has 0 bridgehead atoms. The first kappa shape index (κ1) is 12.9. The van der Waals surface area contributed by atoms with Gasteiger partial charge in [-0.05, 0) is 30.4 Å². The number of hydrogen-bond acceptors (Lipinski definition) is 3. The minimum atomic E-state index is -0.491. The van der Waals surface area contributed by atoms with Crippen molar-refractivity contribution in [1.82, 2.24) is 19.5 Å². The Kier molecular flexibility index (Phi) is 3.56. The lowest BCUT2D eigenvalue weighted by Gasteiger charge is -2.07. The standard InChI is InChI=1S/C11H15ClN4O2/c1-6(2)4-3-5-16-8-7(13-10(12)14-8)9(17)15-11(16)18/h6H,3-5H2,1-2H3,(H,13,14)(H,15,17,18). The van der Waals surface area contributed by atoms with E-state index in [0.29, 0.717) is 18.1 Å². The van der Waals surface area contributed by atoms with E-state index in [4.69, 9.17) is 11.6 Å². The summed E-state index contributed by atoms with van der Waals surface area (Å²) >= 11 is 5.73. The van der Waals surface area contributed by atoms with Crippen molar-refractivity contribution in [3.05, 3.63) is 26.1 Å². The molecule has 0 fully saturated rings. The predicted octanol–water partition coefficient (Wildman–Crippen LogP) is 1.50. The third-order valence-corrected chi connectivity index (χ3v) is 2.95. The zero-order valence-corrected chi connectivity index (χ0v) is 11.0. The van der Waals surface area contributed by atoms with E-state index in [1.807, 2.05) is 0 Å². The quantitative estimate of drug-likeness (QED) is 0.826. The van der Waals surface area contributed by atoms with Crippen LogP contribution in [0.2, 0.25) is 5.28 Å². The van der Waals surface area contributed by atoms with E-state index >= 15 is 0 Å². The molecule has 0 spiro atoms. The number of rotatable bonds is 4. The smallest absolute Gasteiger partial charge is 0.323 e. The highest BCUT2D eigenvalue weighted by Crippen LogP contribution is 2.10. The Labute approximate surface area is 108 Å². The molecule has 0 aliphatic rings. The summed E-state index contributed by atoms with van der Waals surface area (Å²) < 4.78 is 1.45. The van der Waals surface area contributed by atoms with E-state index in [9.17, 15) is 9.59 Å². The van der Waals surface area contributed by atoms with Gasteiger partial charge in [0.2, 0.25) is 5.28 Å². The largest absolute Gasteiger partial charge is 0.330 e. The second-order valence-corrected chi connectivity index (χ2v) is 5.03. The van der Waals surface area contributed by atoms with Gasteiger partial charge in [0.25, 0.3) is 5.56 Å². The van der Waals surface area contributed by atoms with E-state index in [0.717, 1.165) is 12.8 Å². The second kappa shape index (κ2) is 4.97. The Bertz CT molecular complexity index is 668. The molecule has 7 heteroatoms. The number of aromatic nitrogens is 4. The molecule has 18 heavy (non-hydrogen) atoms. The Balaban J connectivity index is 2.43. The molecule has 2 aromatic heterocycles. The topological polar surface area (TPSA) is 83.5 Å². The summed E-state index contributed by atoms with van der Waals surface area (Å²) in [5.41, 5.74) is -0.379. The first-order valence-electron chi connectivity index (χ1n) is 5.87. The van der Waals surface area contributed by atoms with Gasteiger partial charge in [0.05, 0.1) is 0 Å². The van der Waals surface area contributed by atoms with E-state index in [1.54, 1.807) is 0 Å². The van der Waals surface area contributed by atoms with E-state index in [-0.39, 0.29) is 10.8 Å². The number of aromatic amines is 2. The van der Waals surface area contributed by atoms with Crippen molar-refractivity contribution in [2.24, 2.45) is 5.92 Å². The van der Waals surface area contributed by atoms with Crippen LogP contribution in [-0.2, 0) is 6.54 Å². The Morgan fingerprint density at radius 1 is 1.33 bits per heavy atom. The van der Waals surface area contributed by atoms with Crippen molar-refractivity contribution in [3.63, 3.8) is 0 Å². The molecule has 0 amide bonds. The molecule has 2 rings (SSSR count).